The molecule has 1 saturated carbocycles. The van der Waals surface area contributed by atoms with Crippen LogP contribution in [0.2, 0.25) is 0 Å². The Kier molecular flexibility index (Phi) is 28.8. The lowest BCUT2D eigenvalue weighted by Crippen LogP contribution is -2.27. The van der Waals surface area contributed by atoms with E-state index in [0.717, 1.165) is 192 Å². The van der Waals surface area contributed by atoms with Crippen LogP contribution in [0.3, 0.4) is 0 Å². The normalized spacial score (nSPS) is 14.6. The molecule has 10 aromatic rings. The first-order chi connectivity index (χ1) is 57.0. The molecule has 16 rings (SSSR count). The van der Waals surface area contributed by atoms with Crippen LogP contribution in [0.5, 0.6) is 0 Å². The minimum absolute atomic E-state index is 0.102. The molecular weight excluding hydrogens is 1460 g/mol. The molecule has 5 aliphatic heterocycles. The monoisotopic (exact) mass is 1560 g/mol. The fourth-order valence-corrected chi connectivity index (χ4v) is 17.0. The van der Waals surface area contributed by atoms with E-state index >= 15 is 0 Å². The second-order valence-electron chi connectivity index (χ2n) is 31.6. The summed E-state index contributed by atoms with van der Waals surface area (Å²) >= 11 is 0. The van der Waals surface area contributed by atoms with Crippen LogP contribution in [0, 0.1) is 18.8 Å². The number of anilines is 4. The fourth-order valence-electron chi connectivity index (χ4n) is 17.0. The van der Waals surface area contributed by atoms with Crippen molar-refractivity contribution in [2.75, 3.05) is 59.0 Å². The van der Waals surface area contributed by atoms with E-state index in [2.05, 4.69) is 81.9 Å². The molecule has 117 heavy (non-hydrogen) atoms. The molecule has 0 atom stereocenters. The van der Waals surface area contributed by atoms with Gasteiger partial charge in [0, 0.05) is 154 Å². The van der Waals surface area contributed by atoms with Crippen LogP contribution in [0.1, 0.15) is 217 Å². The van der Waals surface area contributed by atoms with Gasteiger partial charge in [0.2, 0.25) is 23.6 Å². The number of aryl methyl sites for hydroxylation is 3. The lowest BCUT2D eigenvalue weighted by Gasteiger charge is -2.21. The van der Waals surface area contributed by atoms with E-state index < -0.39 is 0 Å². The number of amides is 4. The maximum Gasteiger partial charge on any atom is 0.226 e. The van der Waals surface area contributed by atoms with Crippen molar-refractivity contribution in [3.8, 4) is 44.5 Å². The van der Waals surface area contributed by atoms with Gasteiger partial charge in [-0.1, -0.05) is 181 Å². The van der Waals surface area contributed by atoms with Gasteiger partial charge >= 0.3 is 0 Å². The number of nitrogens with zero attached hydrogens (tertiary/aromatic N) is 7. The lowest BCUT2D eigenvalue weighted by molar-refractivity contribution is -0.119. The first-order valence-electron chi connectivity index (χ1n) is 42.5. The van der Waals surface area contributed by atoms with Crippen LogP contribution in [-0.4, -0.2) is 101 Å². The van der Waals surface area contributed by atoms with Crippen molar-refractivity contribution < 1.29 is 43.1 Å². The molecule has 8 aromatic carbocycles. The second-order valence-corrected chi connectivity index (χ2v) is 31.6. The van der Waals surface area contributed by atoms with Crippen molar-refractivity contribution in [1.82, 2.24) is 15.2 Å². The average Bonchev–Trinajstić information content (AvgIpc) is 1.69. The summed E-state index contributed by atoms with van der Waals surface area (Å²) in [6.07, 6.45) is 25.2. The third-order valence-corrected chi connectivity index (χ3v) is 24.1. The van der Waals surface area contributed by atoms with Gasteiger partial charge in [-0.05, 0) is 228 Å². The van der Waals surface area contributed by atoms with E-state index in [4.69, 9.17) is 4.74 Å². The Morgan fingerprint density at radius 3 is 1.03 bits per heavy atom. The van der Waals surface area contributed by atoms with Gasteiger partial charge in [0.05, 0.1) is 5.69 Å². The number of rotatable bonds is 24. The molecule has 0 spiro atoms. The summed E-state index contributed by atoms with van der Waals surface area (Å²) in [6.45, 7) is 14.4. The summed E-state index contributed by atoms with van der Waals surface area (Å²) in [7, 11) is 0. The number of ketones is 4. The molecule has 6 aliphatic rings. The number of hydrogen-bond acceptors (Lipinski definition) is 12. The highest BCUT2D eigenvalue weighted by molar-refractivity contribution is 6.01. The highest BCUT2D eigenvalue weighted by Gasteiger charge is 2.29. The van der Waals surface area contributed by atoms with Gasteiger partial charge in [0.15, 0.2) is 23.1 Å². The zero-order valence-corrected chi connectivity index (χ0v) is 68.6. The van der Waals surface area contributed by atoms with Gasteiger partial charge < -0.3 is 24.3 Å². The Labute approximate surface area is 689 Å². The Hall–Kier alpha value is -11.5. The Bertz CT molecular complexity index is 5020. The van der Waals surface area contributed by atoms with E-state index in [1.807, 2.05) is 182 Å². The Balaban J connectivity index is 0.000000135. The molecule has 0 N–H and O–H groups in total. The van der Waals surface area contributed by atoms with E-state index in [9.17, 15) is 38.4 Å². The number of carbonyl (C=O) groups is 8. The molecule has 0 radical (unpaired) electrons. The zero-order valence-electron chi connectivity index (χ0n) is 68.6. The molecule has 4 amide bonds. The van der Waals surface area contributed by atoms with Crippen molar-refractivity contribution >= 4 is 69.5 Å². The van der Waals surface area contributed by atoms with E-state index in [0.29, 0.717) is 75.7 Å². The molecule has 1 aliphatic carbocycles. The minimum Gasteiger partial charge on any atom is -0.381 e. The number of benzene rings is 8. The van der Waals surface area contributed by atoms with Gasteiger partial charge in [-0.25, -0.2) is 0 Å². The maximum atomic E-state index is 12.6. The Morgan fingerprint density at radius 2 is 0.701 bits per heavy atom. The summed E-state index contributed by atoms with van der Waals surface area (Å²) in [5.41, 5.74) is 24.1. The number of fused-ring (bicyclic) bond motifs is 4. The molecule has 16 heteroatoms. The van der Waals surface area contributed by atoms with Gasteiger partial charge in [0.1, 0.15) is 0 Å². The second kappa shape index (κ2) is 40.4. The van der Waals surface area contributed by atoms with Crippen LogP contribution < -0.4 is 19.6 Å². The third-order valence-electron chi connectivity index (χ3n) is 24.1. The SMILES string of the molecule is CCC(=O)N1CCc2cc(-c3ccc(C(=O)CCC4CCCCC4)cc3)ccc21.CCC(=O)N1CCc2cc(-c3ccc(C(=O)CCC4CCOCC4)cc3)ccc21.CCC(=O)N1CCc2cc(-c3ccc(C(=O)CCc4cccnn4)cc3)ccc21.CCC(=O)N1CCc2cc(-c3ccc(C(=O)CCc4cnccc4C)cc3)ccc21. The van der Waals surface area contributed by atoms with E-state index in [-0.39, 0.29) is 46.8 Å². The quantitative estimate of drug-likeness (QED) is 0.0520. The van der Waals surface area contributed by atoms with Crippen molar-refractivity contribution in [2.45, 2.75) is 182 Å². The van der Waals surface area contributed by atoms with Crippen LogP contribution >= 0.6 is 0 Å². The minimum atomic E-state index is 0.102. The molecule has 2 fully saturated rings. The lowest BCUT2D eigenvalue weighted by atomic mass is 9.85. The summed E-state index contributed by atoms with van der Waals surface area (Å²) < 4.78 is 5.39. The summed E-state index contributed by atoms with van der Waals surface area (Å²) in [5, 5.41) is 7.86. The molecule has 1 saturated heterocycles. The molecule has 2 aromatic heterocycles. The number of ether oxygens (including phenoxy) is 1. The van der Waals surface area contributed by atoms with Crippen LogP contribution in [-0.2, 0) is 62.4 Å². The van der Waals surface area contributed by atoms with Crippen molar-refractivity contribution in [3.05, 3.63) is 268 Å². The number of carbonyl (C=O) groups excluding carboxylic acids is 8. The average molecular weight is 1570 g/mol. The molecular formula is C101H109N7O9. The fraction of sp³-hybridized carbons (Fsp3) is 0.356. The van der Waals surface area contributed by atoms with Crippen molar-refractivity contribution in [3.63, 3.8) is 0 Å². The molecule has 7 heterocycles. The van der Waals surface area contributed by atoms with Crippen LogP contribution in [0.4, 0.5) is 22.7 Å². The summed E-state index contributed by atoms with van der Waals surface area (Å²) in [4.78, 5) is 110. The topological polar surface area (TPSA) is 197 Å². The first-order valence-corrected chi connectivity index (χ1v) is 42.5. The van der Waals surface area contributed by atoms with Gasteiger partial charge in [0.25, 0.3) is 0 Å². The van der Waals surface area contributed by atoms with E-state index in [1.165, 1.54) is 59.9 Å². The van der Waals surface area contributed by atoms with Crippen LogP contribution in [0.15, 0.2) is 207 Å². The zero-order chi connectivity index (χ0) is 81.7. The summed E-state index contributed by atoms with van der Waals surface area (Å²) in [5.74, 6) is 2.82. The van der Waals surface area contributed by atoms with E-state index in [1.54, 1.807) is 12.4 Å². The number of pyridine rings is 1. The molecule has 0 unspecified atom stereocenters. The molecule has 16 nitrogen and oxygen atoms in total. The maximum absolute atomic E-state index is 12.6. The van der Waals surface area contributed by atoms with Gasteiger partial charge in [-0.3, -0.25) is 43.3 Å². The number of aromatic nitrogens is 3. The smallest absolute Gasteiger partial charge is 0.226 e. The molecule has 0 bridgehead atoms. The van der Waals surface area contributed by atoms with Crippen LogP contribution in [0.25, 0.3) is 44.5 Å². The van der Waals surface area contributed by atoms with Crippen molar-refractivity contribution in [1.29, 1.82) is 0 Å². The van der Waals surface area contributed by atoms with Gasteiger partial charge in [-0.15, -0.1) is 0 Å². The van der Waals surface area contributed by atoms with Gasteiger partial charge in [-0.2, -0.15) is 10.2 Å². The predicted molar refractivity (Wildman–Crippen MR) is 466 cm³/mol. The third kappa shape index (κ3) is 21.2. The number of Topliss-reactive ketones (excluding diaryl/α,β-unsaturated/α-hetero) is 4. The molecule has 602 valence electrons. The standard InChI is InChI=1S/C26H26N2O2.C26H31NO2.C25H29NO3.C24H23N3O2/c1-3-26(30)28-15-13-22-16-21(8-10-24(22)28)19-4-6-20(7-5-19)25(29)11-9-23-17-27-14-12-18(23)2;1-2-26(29)27-17-16-23-18-22(13-14-24(23)27)20-9-11-21(12-10-20)25(28)15-8-19-6-4-3-5-7-19;1-2-25(28)26-14-11-22-17-21(8-9-23(22)26)19-4-6-20(7-5-19)24(27)10-3-18-12-15-29-16-13-18;1-2-24(29)27-15-13-20-16-19(9-11-22(20)27)17-5-7-18(8-6-17)23(28)12-10-21-4-3-14-25-26-21/h4-8,10,12,14,16-17H,3,9,11,13,15H2,1-2H3;9-14,18-19H,2-8,15-17H2,1H3;4-9,17-18H,2-3,10-16H2,1H3;3-9,11,14,16H,2,10,12-13,15H2,1H3. The first kappa shape index (κ1) is 83.5. The highest BCUT2D eigenvalue weighted by Crippen LogP contribution is 2.39. The number of hydrogen-bond donors (Lipinski definition) is 0. The largest absolute Gasteiger partial charge is 0.381 e. The Morgan fingerprint density at radius 1 is 0.368 bits per heavy atom. The predicted octanol–water partition coefficient (Wildman–Crippen LogP) is 20.7. The van der Waals surface area contributed by atoms with Crippen molar-refractivity contribution in [2.24, 2.45) is 11.8 Å². The highest BCUT2D eigenvalue weighted by atomic mass is 16.5. The summed E-state index contributed by atoms with van der Waals surface area (Å²) in [6, 6.07) is 62.4.